The van der Waals surface area contributed by atoms with E-state index in [2.05, 4.69) is 0 Å². The van der Waals surface area contributed by atoms with Crippen molar-refractivity contribution >= 4 is 40.7 Å². The van der Waals surface area contributed by atoms with Gasteiger partial charge in [0.15, 0.2) is 17.3 Å². The Morgan fingerprint density at radius 3 is 2.05 bits per heavy atom. The van der Waals surface area contributed by atoms with Crippen LogP contribution in [0.1, 0.15) is 48.1 Å². The molecule has 5 heteroatoms. The van der Waals surface area contributed by atoms with Crippen molar-refractivity contribution in [3.05, 3.63) is 142 Å². The second-order valence-corrected chi connectivity index (χ2v) is 10.4. The number of carbonyl (C=O) groups is 3. The molecule has 4 nitrogen and oxygen atoms in total. The number of fused-ring (bicyclic) bond motifs is 5. The zero-order valence-electron chi connectivity index (χ0n) is 20.3. The summed E-state index contributed by atoms with van der Waals surface area (Å²) in [6.45, 7) is 0. The van der Waals surface area contributed by atoms with Crippen LogP contribution in [-0.2, 0) is 0 Å². The Labute approximate surface area is 225 Å². The summed E-state index contributed by atoms with van der Waals surface area (Å²) in [5.41, 5.74) is 2.22. The van der Waals surface area contributed by atoms with Gasteiger partial charge in [0.1, 0.15) is 11.5 Å². The Hall–Kier alpha value is -4.28. The van der Waals surface area contributed by atoms with E-state index in [1.54, 1.807) is 48.5 Å². The smallest absolute Gasteiger partial charge is 0.187 e. The van der Waals surface area contributed by atoms with Crippen molar-refractivity contribution < 1.29 is 14.4 Å². The van der Waals surface area contributed by atoms with Crippen LogP contribution in [0.25, 0.3) is 6.08 Å². The van der Waals surface area contributed by atoms with E-state index < -0.39 is 23.4 Å². The van der Waals surface area contributed by atoms with Crippen LogP contribution in [0.15, 0.2) is 109 Å². The summed E-state index contributed by atoms with van der Waals surface area (Å²) < 4.78 is 0. The molecule has 184 valence electrons. The molecule has 4 aromatic carbocycles. The maximum Gasteiger partial charge on any atom is 0.187 e. The highest BCUT2D eigenvalue weighted by Crippen LogP contribution is 2.61. The fourth-order valence-corrected chi connectivity index (χ4v) is 7.00. The third-order valence-electron chi connectivity index (χ3n) is 8.28. The quantitative estimate of drug-likeness (QED) is 0.226. The van der Waals surface area contributed by atoms with Crippen molar-refractivity contribution in [2.45, 2.75) is 18.0 Å². The average molecular weight is 516 g/mol. The fourth-order valence-electron chi connectivity index (χ4n) is 6.77. The van der Waals surface area contributed by atoms with Crippen LogP contribution in [0.2, 0.25) is 5.02 Å². The fraction of sp³-hybridized carbons (Fsp3) is 0.121. The molecule has 38 heavy (non-hydrogen) atoms. The minimum absolute atomic E-state index is 0.215. The van der Waals surface area contributed by atoms with Gasteiger partial charge in [-0.15, -0.1) is 0 Å². The summed E-state index contributed by atoms with van der Waals surface area (Å²) in [4.78, 5) is 45.6. The summed E-state index contributed by atoms with van der Waals surface area (Å²) >= 11 is 6.56. The van der Waals surface area contributed by atoms with E-state index in [0.29, 0.717) is 21.7 Å². The maximum absolute atomic E-state index is 14.6. The van der Waals surface area contributed by atoms with E-state index in [1.807, 2.05) is 71.6 Å². The lowest BCUT2D eigenvalue weighted by Crippen LogP contribution is -2.48. The molecule has 3 atom stereocenters. The van der Waals surface area contributed by atoms with Crippen LogP contribution in [-0.4, -0.2) is 29.4 Å². The Bertz CT molecular complexity index is 1640. The van der Waals surface area contributed by atoms with Crippen molar-refractivity contribution in [2.75, 3.05) is 4.90 Å². The van der Waals surface area contributed by atoms with Gasteiger partial charge in [0.2, 0.25) is 0 Å². The van der Waals surface area contributed by atoms with Crippen molar-refractivity contribution in [3.63, 3.8) is 0 Å². The van der Waals surface area contributed by atoms with Gasteiger partial charge in [-0.1, -0.05) is 109 Å². The molecule has 0 saturated carbocycles. The predicted octanol–water partition coefficient (Wildman–Crippen LogP) is 6.66. The molecule has 1 spiro atoms. The molecule has 0 bridgehead atoms. The molecule has 2 heterocycles. The molecule has 7 rings (SSSR count). The van der Waals surface area contributed by atoms with E-state index in [-0.39, 0.29) is 17.3 Å². The van der Waals surface area contributed by atoms with E-state index in [9.17, 15) is 14.4 Å². The molecule has 2 aliphatic heterocycles. The third kappa shape index (κ3) is 2.89. The molecular formula is C33H22ClNO3. The van der Waals surface area contributed by atoms with Gasteiger partial charge in [-0.25, -0.2) is 0 Å². The van der Waals surface area contributed by atoms with E-state index >= 15 is 0 Å². The number of rotatable bonds is 3. The lowest BCUT2D eigenvalue weighted by Gasteiger charge is -2.37. The minimum atomic E-state index is -1.50. The van der Waals surface area contributed by atoms with E-state index in [1.165, 1.54) is 0 Å². The number of Topliss-reactive ketones (excluding diaryl/α,β-unsaturated/α-hetero) is 3. The molecule has 0 unspecified atom stereocenters. The maximum atomic E-state index is 14.6. The Morgan fingerprint density at radius 1 is 0.737 bits per heavy atom. The van der Waals surface area contributed by atoms with Crippen molar-refractivity contribution in [1.82, 2.24) is 0 Å². The normalized spacial score (nSPS) is 22.3. The molecule has 1 fully saturated rings. The SMILES string of the molecule is O=C(c1ccccc1Cl)[C@@H]1[C@@H](c2ccccc2)C2(C(=O)c3ccccc3C2=O)[C@H]2C=Cc3ccccc3N12. The second kappa shape index (κ2) is 8.37. The lowest BCUT2D eigenvalue weighted by atomic mass is 9.64. The highest BCUT2D eigenvalue weighted by Gasteiger charge is 2.71. The Morgan fingerprint density at radius 2 is 1.34 bits per heavy atom. The molecule has 0 aromatic heterocycles. The molecule has 3 aliphatic rings. The van der Waals surface area contributed by atoms with Crippen molar-refractivity contribution in [2.24, 2.45) is 5.41 Å². The van der Waals surface area contributed by atoms with E-state index in [4.69, 9.17) is 11.6 Å². The number of carbonyl (C=O) groups excluding carboxylic acids is 3. The Balaban J connectivity index is 1.56. The summed E-state index contributed by atoms with van der Waals surface area (Å²) in [5, 5.41) is 0.343. The van der Waals surface area contributed by atoms with Crippen LogP contribution in [0.3, 0.4) is 0 Å². The number of anilines is 1. The van der Waals surface area contributed by atoms with Crippen LogP contribution in [0.5, 0.6) is 0 Å². The largest absolute Gasteiger partial charge is 0.352 e. The molecule has 0 radical (unpaired) electrons. The molecular weight excluding hydrogens is 494 g/mol. The van der Waals surface area contributed by atoms with Gasteiger partial charge in [0.25, 0.3) is 0 Å². The minimum Gasteiger partial charge on any atom is -0.352 e. The van der Waals surface area contributed by atoms with Crippen LogP contribution in [0, 0.1) is 5.41 Å². The second-order valence-electron chi connectivity index (χ2n) is 10.0. The highest BCUT2D eigenvalue weighted by molar-refractivity contribution is 6.35. The third-order valence-corrected chi connectivity index (χ3v) is 8.61. The van der Waals surface area contributed by atoms with Gasteiger partial charge in [-0.3, -0.25) is 14.4 Å². The first-order chi connectivity index (χ1) is 18.5. The number of benzene rings is 4. The number of nitrogens with zero attached hydrogens (tertiary/aromatic N) is 1. The summed E-state index contributed by atoms with van der Waals surface area (Å²) in [6.07, 6.45) is 3.89. The summed E-state index contributed by atoms with van der Waals surface area (Å²) in [5.74, 6) is -1.42. The molecule has 1 aliphatic carbocycles. The standard InChI is InChI=1S/C33H22ClNO3/c34-25-16-8-7-15-24(25)30(36)29-28(21-11-2-1-3-12-21)33(31(37)22-13-5-6-14-23(22)32(33)38)27-19-18-20-10-4-9-17-26(20)35(27)29/h1-19,27-29H/t27-,28-,29+/m1/s1. The number of ketones is 3. The molecule has 0 N–H and O–H groups in total. The monoisotopic (exact) mass is 515 g/mol. The zero-order valence-corrected chi connectivity index (χ0v) is 21.0. The lowest BCUT2D eigenvalue weighted by molar-refractivity contribution is 0.0666. The topological polar surface area (TPSA) is 54.5 Å². The van der Waals surface area contributed by atoms with Gasteiger partial charge in [0.05, 0.1) is 11.1 Å². The van der Waals surface area contributed by atoms with Gasteiger partial charge in [-0.2, -0.15) is 0 Å². The van der Waals surface area contributed by atoms with Crippen LogP contribution >= 0.6 is 11.6 Å². The molecule has 1 saturated heterocycles. The van der Waals surface area contributed by atoms with E-state index in [0.717, 1.165) is 16.8 Å². The number of hydrogen-bond donors (Lipinski definition) is 0. The van der Waals surface area contributed by atoms with Crippen LogP contribution < -0.4 is 4.90 Å². The first-order valence-corrected chi connectivity index (χ1v) is 13.0. The number of para-hydroxylation sites is 1. The van der Waals surface area contributed by atoms with Gasteiger partial charge >= 0.3 is 0 Å². The summed E-state index contributed by atoms with van der Waals surface area (Å²) in [6, 6.07) is 29.8. The number of hydrogen-bond acceptors (Lipinski definition) is 4. The zero-order chi connectivity index (χ0) is 26.0. The van der Waals surface area contributed by atoms with Gasteiger partial charge in [-0.05, 0) is 29.3 Å². The van der Waals surface area contributed by atoms with Crippen LogP contribution in [0.4, 0.5) is 5.69 Å². The van der Waals surface area contributed by atoms with Crippen molar-refractivity contribution in [3.8, 4) is 0 Å². The average Bonchev–Trinajstić information content (AvgIpc) is 3.40. The van der Waals surface area contributed by atoms with Gasteiger partial charge in [0, 0.05) is 28.3 Å². The predicted molar refractivity (Wildman–Crippen MR) is 148 cm³/mol. The Kier molecular flexibility index (Phi) is 5.04. The molecule has 4 aromatic rings. The highest BCUT2D eigenvalue weighted by atomic mass is 35.5. The number of halogens is 1. The van der Waals surface area contributed by atoms with Gasteiger partial charge < -0.3 is 4.90 Å². The first kappa shape index (κ1) is 22.9. The van der Waals surface area contributed by atoms with Crippen molar-refractivity contribution in [1.29, 1.82) is 0 Å². The summed E-state index contributed by atoms with van der Waals surface area (Å²) in [7, 11) is 0. The molecule has 0 amide bonds. The first-order valence-electron chi connectivity index (χ1n) is 12.6.